The summed E-state index contributed by atoms with van der Waals surface area (Å²) in [6.45, 7) is 3.22. The summed E-state index contributed by atoms with van der Waals surface area (Å²) in [7, 11) is 0. The van der Waals surface area contributed by atoms with Gasteiger partial charge in [0.2, 0.25) is 5.91 Å². The Kier molecular flexibility index (Phi) is 3.25. The second-order valence-electron chi connectivity index (χ2n) is 2.48. The molecule has 1 aromatic rings. The Morgan fingerprint density at radius 3 is 2.92 bits per heavy atom. The van der Waals surface area contributed by atoms with Crippen LogP contribution in [0.5, 0.6) is 0 Å². The average molecular weight is 245 g/mol. The molecular weight excluding hydrogens is 236 g/mol. The molecule has 0 aromatic carbocycles. The minimum absolute atomic E-state index is 0.210. The Balaban J connectivity index is 2.64. The highest BCUT2D eigenvalue weighted by molar-refractivity contribution is 9.10. The summed E-state index contributed by atoms with van der Waals surface area (Å²) in [5.74, 6) is 1.17. The molecule has 1 amide bonds. The van der Waals surface area contributed by atoms with E-state index in [9.17, 15) is 4.79 Å². The van der Waals surface area contributed by atoms with Crippen LogP contribution in [0.4, 0.5) is 0 Å². The lowest BCUT2D eigenvalue weighted by atomic mass is 10.4. The van der Waals surface area contributed by atoms with E-state index in [1.165, 1.54) is 13.1 Å². The van der Waals surface area contributed by atoms with Crippen LogP contribution in [0.15, 0.2) is 20.1 Å². The van der Waals surface area contributed by atoms with E-state index in [4.69, 9.17) is 4.42 Å². The first kappa shape index (κ1) is 9.98. The molecular formula is C8H9BrN2O2. The molecule has 1 aromatic heterocycles. The molecule has 13 heavy (non-hydrogen) atoms. The number of nitrogens with one attached hydrogen (secondary N) is 1. The first-order valence-corrected chi connectivity index (χ1v) is 4.44. The number of rotatable bonds is 2. The Labute approximate surface area is 84.1 Å². The van der Waals surface area contributed by atoms with Gasteiger partial charge in [0.15, 0.2) is 0 Å². The molecule has 0 atom stereocenters. The fourth-order valence-electron chi connectivity index (χ4n) is 0.732. The number of carbonyl (C=O) groups is 1. The van der Waals surface area contributed by atoms with E-state index in [0.717, 1.165) is 10.2 Å². The molecule has 1 heterocycles. The summed E-state index contributed by atoms with van der Waals surface area (Å²) in [5, 5.41) is 3.66. The smallest absolute Gasteiger partial charge is 0.236 e. The van der Waals surface area contributed by atoms with Crippen LogP contribution in [0, 0.1) is 6.92 Å². The zero-order valence-corrected chi connectivity index (χ0v) is 8.88. The number of amides is 1. The molecule has 1 N–H and O–H groups in total. The number of hydrogen-bond donors (Lipinski definition) is 1. The van der Waals surface area contributed by atoms with Gasteiger partial charge in [-0.3, -0.25) is 4.79 Å². The molecule has 0 radical (unpaired) electrons. The van der Waals surface area contributed by atoms with E-state index in [2.05, 4.69) is 26.5 Å². The fraction of sp³-hybridized carbons (Fsp3) is 0.250. The maximum absolute atomic E-state index is 10.4. The predicted octanol–water partition coefficient (Wildman–Crippen LogP) is 1.82. The normalized spacial score (nSPS) is 10.7. The van der Waals surface area contributed by atoms with Gasteiger partial charge in [0.05, 0.1) is 10.7 Å². The van der Waals surface area contributed by atoms with Crippen LogP contribution in [0.3, 0.4) is 0 Å². The summed E-state index contributed by atoms with van der Waals surface area (Å²) in [6, 6.07) is 1.78. The average Bonchev–Trinajstić information content (AvgIpc) is 2.30. The van der Waals surface area contributed by atoms with Gasteiger partial charge in [0.1, 0.15) is 11.5 Å². The molecule has 0 bridgehead atoms. The quantitative estimate of drug-likeness (QED) is 0.638. The maximum atomic E-state index is 10.4. The summed E-state index contributed by atoms with van der Waals surface area (Å²) in [6.07, 6.45) is 1.44. The predicted molar refractivity (Wildman–Crippen MR) is 52.6 cm³/mol. The van der Waals surface area contributed by atoms with Crippen molar-refractivity contribution < 1.29 is 9.21 Å². The first-order valence-electron chi connectivity index (χ1n) is 3.65. The van der Waals surface area contributed by atoms with Crippen LogP contribution < -0.4 is 5.43 Å². The van der Waals surface area contributed by atoms with Crippen molar-refractivity contribution in [3.63, 3.8) is 0 Å². The Morgan fingerprint density at radius 2 is 2.46 bits per heavy atom. The third kappa shape index (κ3) is 3.02. The lowest BCUT2D eigenvalue weighted by Crippen LogP contribution is -2.12. The molecule has 0 saturated carbocycles. The monoisotopic (exact) mass is 244 g/mol. The van der Waals surface area contributed by atoms with Crippen LogP contribution in [-0.4, -0.2) is 12.1 Å². The maximum Gasteiger partial charge on any atom is 0.236 e. The van der Waals surface area contributed by atoms with Gasteiger partial charge in [-0.25, -0.2) is 5.43 Å². The van der Waals surface area contributed by atoms with Crippen molar-refractivity contribution >= 4 is 28.1 Å². The highest BCUT2D eigenvalue weighted by Gasteiger charge is 2.01. The lowest BCUT2D eigenvalue weighted by Gasteiger charge is -1.88. The third-order valence-electron chi connectivity index (χ3n) is 1.29. The summed E-state index contributed by atoms with van der Waals surface area (Å²) in [5.41, 5.74) is 2.28. The molecule has 5 heteroatoms. The van der Waals surface area contributed by atoms with Crippen molar-refractivity contribution in [1.82, 2.24) is 5.43 Å². The van der Waals surface area contributed by atoms with Crippen molar-refractivity contribution in [3.05, 3.63) is 22.1 Å². The fourth-order valence-corrected chi connectivity index (χ4v) is 1.04. The van der Waals surface area contributed by atoms with Crippen LogP contribution in [0.25, 0.3) is 0 Å². The minimum Gasteiger partial charge on any atom is -0.459 e. The number of halogens is 1. The molecule has 1 rings (SSSR count). The molecule has 70 valence electrons. The molecule has 0 saturated heterocycles. The molecule has 0 unspecified atom stereocenters. The van der Waals surface area contributed by atoms with Crippen LogP contribution in [-0.2, 0) is 4.79 Å². The number of hydrogen-bond acceptors (Lipinski definition) is 3. The Hall–Kier alpha value is -1.10. The second-order valence-corrected chi connectivity index (χ2v) is 3.33. The highest BCUT2D eigenvalue weighted by atomic mass is 79.9. The topological polar surface area (TPSA) is 54.6 Å². The van der Waals surface area contributed by atoms with Gasteiger partial charge >= 0.3 is 0 Å². The van der Waals surface area contributed by atoms with Crippen molar-refractivity contribution in [2.24, 2.45) is 5.10 Å². The van der Waals surface area contributed by atoms with E-state index in [1.54, 1.807) is 6.07 Å². The zero-order chi connectivity index (χ0) is 9.84. The highest BCUT2D eigenvalue weighted by Crippen LogP contribution is 2.18. The minimum atomic E-state index is -0.210. The summed E-state index contributed by atoms with van der Waals surface area (Å²) >= 11 is 3.29. The Morgan fingerprint density at radius 1 is 1.77 bits per heavy atom. The standard InChI is InChI=1S/C8H9BrN2O2/c1-5-8(9)3-7(13-5)4-10-11-6(2)12/h3-4H,1-2H3,(H,11,12). The van der Waals surface area contributed by atoms with Crippen molar-refractivity contribution in [2.75, 3.05) is 0 Å². The van der Waals surface area contributed by atoms with Crippen LogP contribution >= 0.6 is 15.9 Å². The van der Waals surface area contributed by atoms with Crippen molar-refractivity contribution in [3.8, 4) is 0 Å². The largest absolute Gasteiger partial charge is 0.459 e. The third-order valence-corrected chi connectivity index (χ3v) is 2.08. The van der Waals surface area contributed by atoms with Crippen molar-refractivity contribution in [2.45, 2.75) is 13.8 Å². The van der Waals surface area contributed by atoms with Gasteiger partial charge in [-0.2, -0.15) is 5.10 Å². The lowest BCUT2D eigenvalue weighted by molar-refractivity contribution is -0.118. The van der Waals surface area contributed by atoms with Gasteiger partial charge in [-0.15, -0.1) is 0 Å². The van der Waals surface area contributed by atoms with E-state index < -0.39 is 0 Å². The van der Waals surface area contributed by atoms with Gasteiger partial charge in [0.25, 0.3) is 0 Å². The van der Waals surface area contributed by atoms with Gasteiger partial charge in [-0.05, 0) is 22.9 Å². The zero-order valence-electron chi connectivity index (χ0n) is 7.30. The van der Waals surface area contributed by atoms with Gasteiger partial charge in [-0.1, -0.05) is 0 Å². The number of hydrazone groups is 1. The summed E-state index contributed by atoms with van der Waals surface area (Å²) < 4.78 is 6.13. The molecule has 0 aliphatic carbocycles. The van der Waals surface area contributed by atoms with Crippen LogP contribution in [0.1, 0.15) is 18.4 Å². The van der Waals surface area contributed by atoms with Gasteiger partial charge in [0, 0.05) is 13.0 Å². The molecule has 0 spiro atoms. The van der Waals surface area contributed by atoms with Crippen LogP contribution in [0.2, 0.25) is 0 Å². The molecule has 4 nitrogen and oxygen atoms in total. The number of nitrogens with zero attached hydrogens (tertiary/aromatic N) is 1. The van der Waals surface area contributed by atoms with E-state index in [1.807, 2.05) is 6.92 Å². The number of carbonyl (C=O) groups excluding carboxylic acids is 1. The van der Waals surface area contributed by atoms with Gasteiger partial charge < -0.3 is 4.42 Å². The summed E-state index contributed by atoms with van der Waals surface area (Å²) in [4.78, 5) is 10.4. The van der Waals surface area contributed by atoms with Crippen molar-refractivity contribution in [1.29, 1.82) is 0 Å². The molecule has 0 fully saturated rings. The van der Waals surface area contributed by atoms with E-state index in [0.29, 0.717) is 5.76 Å². The van der Waals surface area contributed by atoms with E-state index >= 15 is 0 Å². The first-order chi connectivity index (χ1) is 6.09. The second kappa shape index (κ2) is 4.23. The SMILES string of the molecule is CC(=O)NN=Cc1cc(Br)c(C)o1. The van der Waals surface area contributed by atoms with E-state index in [-0.39, 0.29) is 5.91 Å². The number of aryl methyl sites for hydroxylation is 1. The number of furan rings is 1. The molecule has 0 aliphatic rings. The Bertz CT molecular complexity index is 324. The molecule has 0 aliphatic heterocycles.